The quantitative estimate of drug-likeness (QED) is 0.432. The van der Waals surface area contributed by atoms with Crippen LogP contribution in [0, 0.1) is 11.6 Å². The zero-order valence-electron chi connectivity index (χ0n) is 22.1. The van der Waals surface area contributed by atoms with E-state index in [1.807, 2.05) is 24.3 Å². The number of nitrogens with zero attached hydrogens (tertiary/aromatic N) is 4. The number of rotatable bonds is 7. The zero-order chi connectivity index (χ0) is 28.3. The number of halogens is 2. The van der Waals surface area contributed by atoms with Crippen molar-refractivity contribution in [3.63, 3.8) is 0 Å². The summed E-state index contributed by atoms with van der Waals surface area (Å²) in [5, 5.41) is 2.91. The summed E-state index contributed by atoms with van der Waals surface area (Å²) >= 11 is 0. The molecule has 11 heteroatoms. The van der Waals surface area contributed by atoms with E-state index in [1.165, 1.54) is 38.1 Å². The Morgan fingerprint density at radius 2 is 1.77 bits per heavy atom. The Balaban J connectivity index is 1.47. The van der Waals surface area contributed by atoms with Gasteiger partial charge in [-0.1, -0.05) is 30.3 Å². The molecule has 0 spiro atoms. The van der Waals surface area contributed by atoms with Crippen LogP contribution in [-0.2, 0) is 20.9 Å². The van der Waals surface area contributed by atoms with Gasteiger partial charge in [0.15, 0.2) is 11.6 Å². The molecule has 1 N–H and O–H groups in total. The monoisotopic (exact) mass is 539 g/mol. The number of nitrogens with one attached hydrogen (secondary N) is 1. The standard InChI is InChI=1S/C28H31F2N5O4/c1-18(34(17-36)16-22(27(38)32(2)3)21-8-6-9-23(29)25(21)30)26(37)33-13-11-20(12-14-33)35-15-19-7-4-5-10-24(19)31-28(35)39/h4-10,16-18,20H,11-15H2,1-3H3,(H,31,39)/b22-16-. The summed E-state index contributed by atoms with van der Waals surface area (Å²) in [6.45, 7) is 2.74. The second kappa shape index (κ2) is 11.6. The lowest BCUT2D eigenvalue weighted by Gasteiger charge is -2.41. The Hall–Kier alpha value is -4.28. The third-order valence-electron chi connectivity index (χ3n) is 7.16. The third kappa shape index (κ3) is 5.76. The number of para-hydroxylation sites is 1. The van der Waals surface area contributed by atoms with E-state index >= 15 is 0 Å². The van der Waals surface area contributed by atoms with Crippen molar-refractivity contribution in [2.75, 3.05) is 32.5 Å². The number of anilines is 1. The van der Waals surface area contributed by atoms with E-state index in [4.69, 9.17) is 0 Å². The molecule has 2 heterocycles. The molecular formula is C28H31F2N5O4. The van der Waals surface area contributed by atoms with Crippen molar-refractivity contribution < 1.29 is 28.0 Å². The molecule has 0 radical (unpaired) electrons. The van der Waals surface area contributed by atoms with E-state index in [9.17, 15) is 28.0 Å². The lowest BCUT2D eigenvalue weighted by Crippen LogP contribution is -2.53. The summed E-state index contributed by atoms with van der Waals surface area (Å²) in [6, 6.07) is 9.80. The van der Waals surface area contributed by atoms with E-state index in [2.05, 4.69) is 5.32 Å². The van der Waals surface area contributed by atoms with Gasteiger partial charge >= 0.3 is 6.03 Å². The fourth-order valence-corrected chi connectivity index (χ4v) is 4.88. The number of likely N-dealkylation sites (tertiary alicyclic amines) is 1. The summed E-state index contributed by atoms with van der Waals surface area (Å²) in [5.41, 5.74) is 1.24. The van der Waals surface area contributed by atoms with Gasteiger partial charge in [0.25, 0.3) is 5.91 Å². The number of carbonyl (C=O) groups is 4. The minimum absolute atomic E-state index is 0.0555. The predicted molar refractivity (Wildman–Crippen MR) is 141 cm³/mol. The second-order valence-corrected chi connectivity index (χ2v) is 9.84. The highest BCUT2D eigenvalue weighted by atomic mass is 19.2. The van der Waals surface area contributed by atoms with Crippen LogP contribution in [0.2, 0.25) is 0 Å². The third-order valence-corrected chi connectivity index (χ3v) is 7.16. The molecule has 5 amide bonds. The Bertz CT molecular complexity index is 1310. The van der Waals surface area contributed by atoms with Gasteiger partial charge in [-0.05, 0) is 37.5 Å². The SMILES string of the molecule is CC(C(=O)N1CCC(N2Cc3ccccc3NC2=O)CC1)N(C=O)/C=C(\C(=O)N(C)C)c1cccc(F)c1F. The average molecular weight is 540 g/mol. The van der Waals surface area contributed by atoms with Gasteiger partial charge in [0.2, 0.25) is 12.3 Å². The van der Waals surface area contributed by atoms with Crippen molar-refractivity contribution in [1.82, 2.24) is 19.6 Å². The van der Waals surface area contributed by atoms with Crippen molar-refractivity contribution in [3.8, 4) is 0 Å². The summed E-state index contributed by atoms with van der Waals surface area (Å²) in [7, 11) is 2.89. The van der Waals surface area contributed by atoms with Gasteiger partial charge in [-0.3, -0.25) is 14.4 Å². The number of fused-ring (bicyclic) bond motifs is 1. The van der Waals surface area contributed by atoms with Crippen molar-refractivity contribution in [1.29, 1.82) is 0 Å². The lowest BCUT2D eigenvalue weighted by molar-refractivity contribution is -0.139. The van der Waals surface area contributed by atoms with Crippen molar-refractivity contribution in [3.05, 3.63) is 71.4 Å². The smallest absolute Gasteiger partial charge is 0.322 e. The number of likely N-dealkylation sites (N-methyl/N-ethyl adjacent to an activating group) is 1. The molecular weight excluding hydrogens is 508 g/mol. The predicted octanol–water partition coefficient (Wildman–Crippen LogP) is 3.28. The highest BCUT2D eigenvalue weighted by Crippen LogP contribution is 2.28. The molecule has 2 aliphatic heterocycles. The Labute approximate surface area is 225 Å². The van der Waals surface area contributed by atoms with Gasteiger partial charge in [-0.2, -0.15) is 0 Å². The van der Waals surface area contributed by atoms with Crippen LogP contribution in [0.4, 0.5) is 19.3 Å². The van der Waals surface area contributed by atoms with Gasteiger partial charge < -0.3 is 24.9 Å². The van der Waals surface area contributed by atoms with Crippen LogP contribution in [0.1, 0.15) is 30.9 Å². The minimum Gasteiger partial charge on any atom is -0.345 e. The summed E-state index contributed by atoms with van der Waals surface area (Å²) in [5.74, 6) is -3.38. The molecule has 9 nitrogen and oxygen atoms in total. The van der Waals surface area contributed by atoms with Crippen molar-refractivity contribution in [2.24, 2.45) is 0 Å². The lowest BCUT2D eigenvalue weighted by atomic mass is 10.00. The van der Waals surface area contributed by atoms with Gasteiger partial charge in [0.1, 0.15) is 6.04 Å². The average Bonchev–Trinajstić information content (AvgIpc) is 2.94. The number of hydrogen-bond donors (Lipinski definition) is 1. The molecule has 2 aromatic carbocycles. The second-order valence-electron chi connectivity index (χ2n) is 9.84. The number of urea groups is 1. The minimum atomic E-state index is -1.23. The maximum Gasteiger partial charge on any atom is 0.322 e. The van der Waals surface area contributed by atoms with Crippen LogP contribution < -0.4 is 5.32 Å². The van der Waals surface area contributed by atoms with E-state index < -0.39 is 23.6 Å². The van der Waals surface area contributed by atoms with E-state index in [-0.39, 0.29) is 29.1 Å². The van der Waals surface area contributed by atoms with Gasteiger partial charge in [-0.25, -0.2) is 13.6 Å². The number of benzene rings is 2. The fraction of sp³-hybridized carbons (Fsp3) is 0.357. The Morgan fingerprint density at radius 1 is 1.08 bits per heavy atom. The maximum absolute atomic E-state index is 14.6. The van der Waals surface area contributed by atoms with Crippen LogP contribution in [0.25, 0.3) is 5.57 Å². The molecule has 2 aromatic rings. The highest BCUT2D eigenvalue weighted by molar-refractivity contribution is 6.19. The van der Waals surface area contributed by atoms with Gasteiger partial charge in [0, 0.05) is 57.2 Å². The highest BCUT2D eigenvalue weighted by Gasteiger charge is 2.34. The van der Waals surface area contributed by atoms with Crippen LogP contribution in [0.15, 0.2) is 48.7 Å². The number of amides is 5. The number of hydrogen-bond acceptors (Lipinski definition) is 4. The first-order valence-electron chi connectivity index (χ1n) is 12.7. The summed E-state index contributed by atoms with van der Waals surface area (Å²) < 4.78 is 28.5. The van der Waals surface area contributed by atoms with Crippen LogP contribution >= 0.6 is 0 Å². The van der Waals surface area contributed by atoms with E-state index in [1.54, 1.807) is 9.80 Å². The molecule has 1 unspecified atom stereocenters. The van der Waals surface area contributed by atoms with Gasteiger partial charge in [0.05, 0.1) is 5.57 Å². The van der Waals surface area contributed by atoms with Crippen LogP contribution in [-0.4, -0.2) is 83.1 Å². The molecule has 1 atom stereocenters. The molecule has 0 aliphatic carbocycles. The number of carbonyl (C=O) groups excluding carboxylic acids is 4. The van der Waals surface area contributed by atoms with Gasteiger partial charge in [-0.15, -0.1) is 0 Å². The molecule has 0 bridgehead atoms. The topological polar surface area (TPSA) is 93.3 Å². The summed E-state index contributed by atoms with van der Waals surface area (Å²) in [4.78, 5) is 56.4. The largest absolute Gasteiger partial charge is 0.345 e. The first-order valence-corrected chi connectivity index (χ1v) is 12.7. The molecule has 206 valence electrons. The van der Waals surface area contributed by atoms with Crippen LogP contribution in [0.5, 0.6) is 0 Å². The molecule has 1 saturated heterocycles. The van der Waals surface area contributed by atoms with E-state index in [0.29, 0.717) is 38.9 Å². The van der Waals surface area contributed by atoms with Crippen molar-refractivity contribution >= 4 is 35.5 Å². The zero-order valence-corrected chi connectivity index (χ0v) is 22.1. The Morgan fingerprint density at radius 3 is 2.44 bits per heavy atom. The number of piperidine rings is 1. The van der Waals surface area contributed by atoms with Crippen molar-refractivity contribution in [2.45, 2.75) is 38.4 Å². The molecule has 39 heavy (non-hydrogen) atoms. The fourth-order valence-electron chi connectivity index (χ4n) is 4.88. The Kier molecular flexibility index (Phi) is 8.27. The molecule has 1 fully saturated rings. The van der Waals surface area contributed by atoms with E-state index in [0.717, 1.165) is 28.4 Å². The molecule has 0 saturated carbocycles. The molecule has 4 rings (SSSR count). The maximum atomic E-state index is 14.6. The molecule has 2 aliphatic rings. The normalized spacial score (nSPS) is 16.7. The first-order chi connectivity index (χ1) is 18.6. The van der Waals surface area contributed by atoms with Crippen LogP contribution in [0.3, 0.4) is 0 Å². The molecule has 0 aromatic heterocycles. The first kappa shape index (κ1) is 27.7. The summed E-state index contributed by atoms with van der Waals surface area (Å²) in [6.07, 6.45) is 2.58.